The first-order valence-corrected chi connectivity index (χ1v) is 9.05. The number of carbonyl (C=O) groups excluding carboxylic acids is 2. The normalized spacial score (nSPS) is 10.8. The number of amides is 1. The van der Waals surface area contributed by atoms with Crippen LogP contribution in [0.1, 0.15) is 23.0 Å². The van der Waals surface area contributed by atoms with Crippen LogP contribution in [0.2, 0.25) is 5.02 Å². The van der Waals surface area contributed by atoms with Crippen LogP contribution in [0.25, 0.3) is 10.2 Å². The second-order valence-corrected chi connectivity index (χ2v) is 6.85. The first-order valence-electron chi connectivity index (χ1n) is 7.79. The van der Waals surface area contributed by atoms with Gasteiger partial charge in [0.1, 0.15) is 17.1 Å². The Morgan fingerprint density at radius 3 is 2.80 bits per heavy atom. The number of nitrogens with one attached hydrogen (secondary N) is 1. The molecule has 0 aliphatic carbocycles. The largest absolute Gasteiger partial charge is 0.461 e. The average molecular weight is 377 g/mol. The highest BCUT2D eigenvalue weighted by atomic mass is 35.5. The van der Waals surface area contributed by atoms with Crippen molar-refractivity contribution >= 4 is 50.7 Å². The number of aromatic nitrogens is 1. The van der Waals surface area contributed by atoms with Gasteiger partial charge in [0.05, 0.1) is 17.3 Å². The van der Waals surface area contributed by atoms with Crippen LogP contribution in [0.15, 0.2) is 35.7 Å². The fraction of sp³-hybridized carbons (Fsp3) is 0.222. The lowest BCUT2D eigenvalue weighted by atomic mass is 10.2. The van der Waals surface area contributed by atoms with E-state index in [4.69, 9.17) is 16.3 Å². The molecule has 3 rings (SSSR count). The fourth-order valence-electron chi connectivity index (χ4n) is 2.56. The third-order valence-electron chi connectivity index (χ3n) is 3.69. The van der Waals surface area contributed by atoms with E-state index in [1.807, 2.05) is 24.4 Å². The van der Waals surface area contributed by atoms with Gasteiger partial charge in [-0.05, 0) is 49.1 Å². The Kier molecular flexibility index (Phi) is 5.11. The quantitative estimate of drug-likeness (QED) is 0.668. The molecule has 130 valence electrons. The molecule has 0 bridgehead atoms. The van der Waals surface area contributed by atoms with Crippen LogP contribution in [0.5, 0.6) is 0 Å². The number of hydrogen-bond donors (Lipinski definition) is 1. The van der Waals surface area contributed by atoms with Crippen LogP contribution in [0, 0.1) is 6.92 Å². The van der Waals surface area contributed by atoms with Gasteiger partial charge in [-0.25, -0.2) is 4.79 Å². The first-order chi connectivity index (χ1) is 12.0. The van der Waals surface area contributed by atoms with Gasteiger partial charge in [0.15, 0.2) is 0 Å². The molecular formula is C18H17ClN2O3S. The van der Waals surface area contributed by atoms with E-state index in [2.05, 4.69) is 5.32 Å². The van der Waals surface area contributed by atoms with Crippen molar-refractivity contribution in [1.82, 2.24) is 4.57 Å². The lowest BCUT2D eigenvalue weighted by Gasteiger charge is -2.11. The molecule has 1 amide bonds. The minimum Gasteiger partial charge on any atom is -0.461 e. The highest BCUT2D eigenvalue weighted by Gasteiger charge is 2.19. The molecule has 25 heavy (non-hydrogen) atoms. The molecule has 0 fully saturated rings. The van der Waals surface area contributed by atoms with Crippen molar-refractivity contribution < 1.29 is 14.3 Å². The number of anilines is 1. The molecule has 0 aliphatic rings. The first kappa shape index (κ1) is 17.5. The van der Waals surface area contributed by atoms with E-state index in [9.17, 15) is 9.59 Å². The highest BCUT2D eigenvalue weighted by molar-refractivity contribution is 7.16. The van der Waals surface area contributed by atoms with Crippen LogP contribution in [0.3, 0.4) is 0 Å². The molecule has 0 saturated heterocycles. The summed E-state index contributed by atoms with van der Waals surface area (Å²) >= 11 is 7.64. The molecule has 0 saturated carbocycles. The van der Waals surface area contributed by atoms with Crippen molar-refractivity contribution in [3.8, 4) is 0 Å². The molecule has 2 aromatic heterocycles. The maximum atomic E-state index is 12.5. The number of benzene rings is 1. The minimum absolute atomic E-state index is 0.00235. The molecular weight excluding hydrogens is 360 g/mol. The van der Waals surface area contributed by atoms with Gasteiger partial charge in [0, 0.05) is 5.39 Å². The van der Waals surface area contributed by atoms with Gasteiger partial charge < -0.3 is 14.6 Å². The summed E-state index contributed by atoms with van der Waals surface area (Å²) < 4.78 is 6.77. The lowest BCUT2D eigenvalue weighted by molar-refractivity contribution is -0.116. The lowest BCUT2D eigenvalue weighted by Crippen LogP contribution is -2.22. The van der Waals surface area contributed by atoms with Gasteiger partial charge in [-0.15, -0.1) is 11.3 Å². The van der Waals surface area contributed by atoms with E-state index >= 15 is 0 Å². The van der Waals surface area contributed by atoms with Gasteiger partial charge >= 0.3 is 5.97 Å². The molecule has 0 spiro atoms. The number of rotatable bonds is 5. The van der Waals surface area contributed by atoms with Crippen molar-refractivity contribution in [2.24, 2.45) is 0 Å². The molecule has 2 heterocycles. The molecule has 1 N–H and O–H groups in total. The molecule has 7 heteroatoms. The van der Waals surface area contributed by atoms with Crippen molar-refractivity contribution in [2.45, 2.75) is 20.4 Å². The molecule has 3 aromatic rings. The average Bonchev–Trinajstić information content (AvgIpc) is 3.13. The van der Waals surface area contributed by atoms with Crippen LogP contribution in [-0.2, 0) is 16.1 Å². The van der Waals surface area contributed by atoms with Crippen molar-refractivity contribution in [3.63, 3.8) is 0 Å². The predicted octanol–water partition coefficient (Wildman–Crippen LogP) is 4.48. The van der Waals surface area contributed by atoms with E-state index in [1.54, 1.807) is 29.7 Å². The monoisotopic (exact) mass is 376 g/mol. The number of halogens is 1. The summed E-state index contributed by atoms with van der Waals surface area (Å²) in [6.45, 7) is 3.96. The van der Waals surface area contributed by atoms with Crippen molar-refractivity contribution in [1.29, 1.82) is 0 Å². The van der Waals surface area contributed by atoms with Crippen LogP contribution >= 0.6 is 22.9 Å². The third kappa shape index (κ3) is 3.70. The van der Waals surface area contributed by atoms with E-state index < -0.39 is 5.97 Å². The summed E-state index contributed by atoms with van der Waals surface area (Å²) in [6, 6.07) is 9.08. The second kappa shape index (κ2) is 7.29. The summed E-state index contributed by atoms with van der Waals surface area (Å²) in [6.07, 6.45) is 0. The summed E-state index contributed by atoms with van der Waals surface area (Å²) in [5.41, 5.74) is 1.93. The zero-order valence-corrected chi connectivity index (χ0v) is 15.4. The SMILES string of the molecule is CCOC(=O)c1cc2ccsc2n1CC(=O)Nc1ccc(C)cc1Cl. The van der Waals surface area contributed by atoms with Gasteiger partial charge in [-0.3, -0.25) is 4.79 Å². The molecule has 0 aliphatic heterocycles. The van der Waals surface area contributed by atoms with E-state index in [-0.39, 0.29) is 19.1 Å². The van der Waals surface area contributed by atoms with E-state index in [0.717, 1.165) is 15.8 Å². The number of carbonyl (C=O) groups is 2. The zero-order valence-electron chi connectivity index (χ0n) is 13.8. The number of nitrogens with zero attached hydrogens (tertiary/aromatic N) is 1. The number of fused-ring (bicyclic) bond motifs is 1. The molecule has 1 aromatic carbocycles. The molecule has 0 radical (unpaired) electrons. The van der Waals surface area contributed by atoms with Gasteiger partial charge in [0.2, 0.25) is 5.91 Å². The Balaban J connectivity index is 1.86. The smallest absolute Gasteiger partial charge is 0.355 e. The fourth-order valence-corrected chi connectivity index (χ4v) is 3.74. The summed E-state index contributed by atoms with van der Waals surface area (Å²) in [4.78, 5) is 25.5. The summed E-state index contributed by atoms with van der Waals surface area (Å²) in [5.74, 6) is -0.700. The van der Waals surface area contributed by atoms with Gasteiger partial charge in [-0.1, -0.05) is 17.7 Å². The van der Waals surface area contributed by atoms with E-state index in [0.29, 0.717) is 16.4 Å². The maximum absolute atomic E-state index is 12.5. The Morgan fingerprint density at radius 2 is 2.08 bits per heavy atom. The number of ether oxygens (including phenoxy) is 1. The standard InChI is InChI=1S/C18H17ClN2O3S/c1-3-24-18(23)15-9-12-6-7-25-17(12)21(15)10-16(22)20-14-5-4-11(2)8-13(14)19/h4-9H,3,10H2,1-2H3,(H,20,22). The van der Waals surface area contributed by atoms with Crippen LogP contribution in [0.4, 0.5) is 5.69 Å². The number of hydrogen-bond acceptors (Lipinski definition) is 4. The van der Waals surface area contributed by atoms with Crippen molar-refractivity contribution in [3.05, 3.63) is 52.0 Å². The predicted molar refractivity (Wildman–Crippen MR) is 101 cm³/mol. The topological polar surface area (TPSA) is 60.3 Å². The Hall–Kier alpha value is -2.31. The van der Waals surface area contributed by atoms with E-state index in [1.165, 1.54) is 11.3 Å². The summed E-state index contributed by atoms with van der Waals surface area (Å²) in [5, 5.41) is 6.10. The maximum Gasteiger partial charge on any atom is 0.355 e. The number of aryl methyl sites for hydroxylation is 1. The van der Waals surface area contributed by atoms with Crippen LogP contribution < -0.4 is 5.32 Å². The Labute approximate surface area is 154 Å². The zero-order chi connectivity index (χ0) is 18.0. The van der Waals surface area contributed by atoms with Gasteiger partial charge in [-0.2, -0.15) is 0 Å². The highest BCUT2D eigenvalue weighted by Crippen LogP contribution is 2.27. The van der Waals surface area contributed by atoms with Gasteiger partial charge in [0.25, 0.3) is 0 Å². The minimum atomic E-state index is -0.438. The Morgan fingerprint density at radius 1 is 1.28 bits per heavy atom. The third-order valence-corrected chi connectivity index (χ3v) is 4.95. The molecule has 0 atom stereocenters. The number of esters is 1. The second-order valence-electron chi connectivity index (χ2n) is 5.55. The Bertz CT molecular complexity index is 945. The molecule has 0 unspecified atom stereocenters. The molecule has 5 nitrogen and oxygen atoms in total. The van der Waals surface area contributed by atoms with Crippen LogP contribution in [-0.4, -0.2) is 23.1 Å². The summed E-state index contributed by atoms with van der Waals surface area (Å²) in [7, 11) is 0. The van der Waals surface area contributed by atoms with Crippen molar-refractivity contribution in [2.75, 3.05) is 11.9 Å². The number of thiophene rings is 1.